The minimum Gasteiger partial charge on any atom is -0.294 e. The maximum Gasteiger partial charge on any atom is 0.267 e. The van der Waals surface area contributed by atoms with Gasteiger partial charge in [0, 0.05) is 34.7 Å². The smallest absolute Gasteiger partial charge is 0.267 e. The number of nitrogens with zero attached hydrogens (tertiary/aromatic N) is 5. The number of hydrogen-bond acceptors (Lipinski definition) is 7. The molecule has 0 spiro atoms. The first-order valence-corrected chi connectivity index (χ1v) is 12.5. The first kappa shape index (κ1) is 22.2. The van der Waals surface area contributed by atoms with Crippen LogP contribution in [0.25, 0.3) is 21.9 Å². The van der Waals surface area contributed by atoms with Gasteiger partial charge in [-0.3, -0.25) is 14.2 Å². The van der Waals surface area contributed by atoms with Gasteiger partial charge >= 0.3 is 0 Å². The molecule has 170 valence electrons. The number of pyridine rings is 1. The van der Waals surface area contributed by atoms with Crippen molar-refractivity contribution in [2.24, 2.45) is 0 Å². The predicted molar refractivity (Wildman–Crippen MR) is 136 cm³/mol. The number of thioether (sulfide) groups is 1. The number of Topliss-reactive ketones (excluding diaryl/α,β-unsaturated/α-hetero) is 1. The lowest BCUT2D eigenvalue weighted by atomic mass is 10.2. The molecule has 0 aliphatic rings. The molecule has 5 rings (SSSR count). The molecule has 0 bridgehead atoms. The molecule has 0 aliphatic carbocycles. The van der Waals surface area contributed by atoms with Gasteiger partial charge in [-0.05, 0) is 56.7 Å². The van der Waals surface area contributed by atoms with E-state index in [0.29, 0.717) is 27.4 Å². The molecule has 4 heterocycles. The molecule has 0 fully saturated rings. The molecule has 0 atom stereocenters. The summed E-state index contributed by atoms with van der Waals surface area (Å²) in [6.07, 6.45) is 3.42. The average molecular weight is 488 g/mol. The Balaban J connectivity index is 1.52. The normalized spacial score (nSPS) is 11.3. The third kappa shape index (κ3) is 3.97. The fourth-order valence-electron chi connectivity index (χ4n) is 3.93. The van der Waals surface area contributed by atoms with Crippen LogP contribution in [0.5, 0.6) is 0 Å². The Morgan fingerprint density at radius 2 is 1.85 bits per heavy atom. The van der Waals surface area contributed by atoms with E-state index in [0.717, 1.165) is 22.1 Å². The largest absolute Gasteiger partial charge is 0.294 e. The Hall–Kier alpha value is -3.56. The number of aryl methyl sites for hydroxylation is 2. The molecule has 1 aromatic carbocycles. The average Bonchev–Trinajstić information content (AvgIpc) is 3.45. The number of para-hydroxylation sites is 1. The van der Waals surface area contributed by atoms with E-state index in [4.69, 9.17) is 4.98 Å². The summed E-state index contributed by atoms with van der Waals surface area (Å²) in [5.74, 6) is 0.589. The van der Waals surface area contributed by atoms with Gasteiger partial charge in [-0.15, -0.1) is 11.3 Å². The lowest BCUT2D eigenvalue weighted by molar-refractivity contribution is 0.102. The van der Waals surface area contributed by atoms with Gasteiger partial charge < -0.3 is 0 Å². The summed E-state index contributed by atoms with van der Waals surface area (Å²) in [4.78, 5) is 40.1. The van der Waals surface area contributed by atoms with E-state index in [1.807, 2.05) is 61.1 Å². The number of aromatic nitrogens is 5. The minimum absolute atomic E-state index is 0.0351. The molecule has 4 aromatic heterocycles. The van der Waals surface area contributed by atoms with Crippen molar-refractivity contribution in [2.45, 2.75) is 25.9 Å². The van der Waals surface area contributed by atoms with Crippen molar-refractivity contribution in [1.29, 1.82) is 0 Å². The second-order valence-corrected chi connectivity index (χ2v) is 9.71. The Morgan fingerprint density at radius 3 is 2.62 bits per heavy atom. The van der Waals surface area contributed by atoms with Crippen LogP contribution in [0.3, 0.4) is 0 Å². The molecule has 7 nitrogen and oxygen atoms in total. The lowest BCUT2D eigenvalue weighted by Crippen LogP contribution is -2.23. The van der Waals surface area contributed by atoms with Crippen LogP contribution in [0.4, 0.5) is 0 Å². The molecule has 0 N–H and O–H groups in total. The van der Waals surface area contributed by atoms with Crippen molar-refractivity contribution in [1.82, 2.24) is 24.1 Å². The highest BCUT2D eigenvalue weighted by Crippen LogP contribution is 2.26. The third-order valence-corrected chi connectivity index (χ3v) is 7.24. The summed E-state index contributed by atoms with van der Waals surface area (Å²) in [7, 11) is 0. The van der Waals surface area contributed by atoms with Crippen LogP contribution in [0.2, 0.25) is 0 Å². The molecule has 0 radical (unpaired) electrons. The maximum absolute atomic E-state index is 13.4. The summed E-state index contributed by atoms with van der Waals surface area (Å²) in [5, 5.41) is 3.69. The first-order valence-electron chi connectivity index (χ1n) is 10.6. The number of ketones is 1. The quantitative estimate of drug-likeness (QED) is 0.192. The molecule has 0 unspecified atom stereocenters. The Bertz CT molecular complexity index is 1590. The number of benzene rings is 1. The van der Waals surface area contributed by atoms with Crippen LogP contribution in [0, 0.1) is 20.8 Å². The Morgan fingerprint density at radius 1 is 1.03 bits per heavy atom. The van der Waals surface area contributed by atoms with Gasteiger partial charge in [0.15, 0.2) is 16.1 Å². The number of thiazole rings is 1. The van der Waals surface area contributed by atoms with E-state index < -0.39 is 0 Å². The molecule has 0 aliphatic heterocycles. The van der Waals surface area contributed by atoms with Gasteiger partial charge in [-0.25, -0.2) is 19.5 Å². The topological polar surface area (TPSA) is 82.7 Å². The van der Waals surface area contributed by atoms with Crippen LogP contribution in [-0.4, -0.2) is 35.6 Å². The van der Waals surface area contributed by atoms with Crippen molar-refractivity contribution in [3.05, 3.63) is 93.1 Å². The highest BCUT2D eigenvalue weighted by molar-refractivity contribution is 7.99. The zero-order chi connectivity index (χ0) is 23.8. The Labute approximate surface area is 204 Å². The van der Waals surface area contributed by atoms with Crippen LogP contribution in [0.15, 0.2) is 70.2 Å². The summed E-state index contributed by atoms with van der Waals surface area (Å²) >= 11 is 2.76. The second-order valence-electron chi connectivity index (χ2n) is 7.89. The number of hydrogen-bond donors (Lipinski definition) is 0. The van der Waals surface area contributed by atoms with Gasteiger partial charge in [0.25, 0.3) is 5.56 Å². The van der Waals surface area contributed by atoms with Gasteiger partial charge in [0.2, 0.25) is 0 Å². The number of carbonyl (C=O) groups excluding carboxylic acids is 1. The van der Waals surface area contributed by atoms with Crippen molar-refractivity contribution in [2.75, 3.05) is 5.75 Å². The van der Waals surface area contributed by atoms with Gasteiger partial charge in [-0.1, -0.05) is 23.9 Å². The van der Waals surface area contributed by atoms with E-state index >= 15 is 0 Å². The number of rotatable bonds is 6. The molecular weight excluding hydrogens is 466 g/mol. The SMILES string of the molecule is Cc1ccnc(-n2c(SCC(=O)c3cc(C)n(-c4nccs4)c3C)nc3ccccc3c2=O)c1. The van der Waals surface area contributed by atoms with Crippen LogP contribution < -0.4 is 5.56 Å². The molecule has 0 saturated heterocycles. The van der Waals surface area contributed by atoms with Crippen molar-refractivity contribution in [3.8, 4) is 10.9 Å². The standard InChI is InChI=1S/C25H21N5O2S2/c1-15-8-9-26-22(12-15)30-23(32)18-6-4-5-7-20(18)28-25(30)34-14-21(31)19-13-16(2)29(17(19)3)24-27-10-11-33-24/h4-13H,14H2,1-3H3. The Kier molecular flexibility index (Phi) is 5.89. The number of fused-ring (bicyclic) bond motifs is 1. The monoisotopic (exact) mass is 487 g/mol. The van der Waals surface area contributed by atoms with Gasteiger partial charge in [0.1, 0.15) is 5.82 Å². The van der Waals surface area contributed by atoms with Gasteiger partial charge in [-0.2, -0.15) is 0 Å². The van der Waals surface area contributed by atoms with Crippen molar-refractivity contribution < 1.29 is 4.79 Å². The molecule has 34 heavy (non-hydrogen) atoms. The highest BCUT2D eigenvalue weighted by atomic mass is 32.2. The summed E-state index contributed by atoms with van der Waals surface area (Å²) in [6.45, 7) is 5.83. The van der Waals surface area contributed by atoms with Crippen LogP contribution in [-0.2, 0) is 0 Å². The van der Waals surface area contributed by atoms with E-state index in [-0.39, 0.29) is 17.1 Å². The van der Waals surface area contributed by atoms with Crippen molar-refractivity contribution in [3.63, 3.8) is 0 Å². The zero-order valence-electron chi connectivity index (χ0n) is 18.8. The lowest BCUT2D eigenvalue weighted by Gasteiger charge is -2.12. The molecule has 0 amide bonds. The fourth-order valence-corrected chi connectivity index (χ4v) is 5.56. The summed E-state index contributed by atoms with van der Waals surface area (Å²) in [5.41, 5.74) is 3.80. The van der Waals surface area contributed by atoms with Crippen LogP contribution in [0.1, 0.15) is 27.3 Å². The minimum atomic E-state index is -0.208. The highest BCUT2D eigenvalue weighted by Gasteiger charge is 2.20. The molecule has 5 aromatic rings. The predicted octanol–water partition coefficient (Wildman–Crippen LogP) is 4.93. The van der Waals surface area contributed by atoms with Crippen molar-refractivity contribution >= 4 is 39.8 Å². The maximum atomic E-state index is 13.4. The van der Waals surface area contributed by atoms with E-state index in [1.165, 1.54) is 27.7 Å². The fraction of sp³-hybridized carbons (Fsp3) is 0.160. The van der Waals surface area contributed by atoms with E-state index in [1.54, 1.807) is 24.5 Å². The third-order valence-electron chi connectivity index (χ3n) is 5.55. The summed E-state index contributed by atoms with van der Waals surface area (Å²) in [6, 6.07) is 12.8. The molecular formula is C25H21N5O2S2. The molecule has 9 heteroatoms. The van der Waals surface area contributed by atoms with E-state index in [9.17, 15) is 9.59 Å². The van der Waals surface area contributed by atoms with Gasteiger partial charge in [0.05, 0.1) is 16.7 Å². The number of carbonyl (C=O) groups is 1. The van der Waals surface area contributed by atoms with Crippen LogP contribution >= 0.6 is 23.1 Å². The first-order chi connectivity index (χ1) is 16.4. The molecule has 0 saturated carbocycles. The zero-order valence-corrected chi connectivity index (χ0v) is 20.5. The second kappa shape index (κ2) is 9.00. The summed E-state index contributed by atoms with van der Waals surface area (Å²) < 4.78 is 3.48. The van der Waals surface area contributed by atoms with E-state index in [2.05, 4.69) is 9.97 Å².